The highest BCUT2D eigenvalue weighted by molar-refractivity contribution is 9.10. The molecule has 2 aliphatic heterocycles. The Bertz CT molecular complexity index is 452. The number of piperidine rings is 1. The highest BCUT2D eigenvalue weighted by Gasteiger charge is 2.32. The highest BCUT2D eigenvalue weighted by atomic mass is 79.9. The fourth-order valence-electron chi connectivity index (χ4n) is 3.33. The number of methoxy groups -OCH3 is 1. The summed E-state index contributed by atoms with van der Waals surface area (Å²) < 4.78 is 6.32. The second-order valence-electron chi connectivity index (χ2n) is 5.60. The lowest BCUT2D eigenvalue weighted by Crippen LogP contribution is -2.43. The molecule has 104 valence electrons. The molecule has 0 saturated carbocycles. The Balaban J connectivity index is 1.63. The Kier molecular flexibility index (Phi) is 4.10. The van der Waals surface area contributed by atoms with E-state index in [1.165, 1.54) is 38.0 Å². The van der Waals surface area contributed by atoms with Crippen molar-refractivity contribution >= 4 is 15.9 Å². The Hall–Kier alpha value is -0.580. The third-order valence-corrected chi connectivity index (χ3v) is 4.98. The van der Waals surface area contributed by atoms with Gasteiger partial charge in [-0.25, -0.2) is 0 Å². The van der Waals surface area contributed by atoms with E-state index in [9.17, 15) is 0 Å². The summed E-state index contributed by atoms with van der Waals surface area (Å²) in [6.07, 6.45) is 2.63. The SMILES string of the molecule is COc1ccc(CN2CCC3NCCC3C2)cc1Br. The van der Waals surface area contributed by atoms with Crippen molar-refractivity contribution in [2.24, 2.45) is 5.92 Å². The van der Waals surface area contributed by atoms with Gasteiger partial charge in [-0.15, -0.1) is 0 Å². The van der Waals surface area contributed by atoms with Crippen LogP contribution in [0.1, 0.15) is 18.4 Å². The van der Waals surface area contributed by atoms with Gasteiger partial charge in [-0.3, -0.25) is 4.90 Å². The molecule has 0 amide bonds. The first kappa shape index (κ1) is 13.4. The average Bonchev–Trinajstić information content (AvgIpc) is 2.86. The van der Waals surface area contributed by atoms with Gasteiger partial charge in [0, 0.05) is 19.1 Å². The summed E-state index contributed by atoms with van der Waals surface area (Å²) in [4.78, 5) is 2.59. The predicted molar refractivity (Wildman–Crippen MR) is 80.5 cm³/mol. The molecule has 0 bridgehead atoms. The molecule has 0 radical (unpaired) electrons. The molecule has 0 aromatic heterocycles. The second kappa shape index (κ2) is 5.81. The lowest BCUT2D eigenvalue weighted by Gasteiger charge is -2.34. The van der Waals surface area contributed by atoms with E-state index >= 15 is 0 Å². The van der Waals surface area contributed by atoms with Gasteiger partial charge in [0.05, 0.1) is 11.6 Å². The molecular weight excluding hydrogens is 304 g/mol. The van der Waals surface area contributed by atoms with E-state index in [1.54, 1.807) is 7.11 Å². The van der Waals surface area contributed by atoms with Crippen molar-refractivity contribution in [2.75, 3.05) is 26.7 Å². The van der Waals surface area contributed by atoms with Crippen LogP contribution < -0.4 is 10.1 Å². The van der Waals surface area contributed by atoms with Gasteiger partial charge in [0.1, 0.15) is 5.75 Å². The number of nitrogens with zero attached hydrogens (tertiary/aromatic N) is 1. The molecule has 3 nitrogen and oxygen atoms in total. The maximum atomic E-state index is 5.28. The van der Waals surface area contributed by atoms with E-state index in [1.807, 2.05) is 6.07 Å². The fourth-order valence-corrected chi connectivity index (χ4v) is 3.92. The largest absolute Gasteiger partial charge is 0.496 e. The maximum Gasteiger partial charge on any atom is 0.133 e. The molecule has 2 unspecified atom stereocenters. The molecule has 2 fully saturated rings. The Morgan fingerprint density at radius 3 is 3.11 bits per heavy atom. The van der Waals surface area contributed by atoms with Crippen LogP contribution in [0.2, 0.25) is 0 Å². The van der Waals surface area contributed by atoms with Crippen molar-refractivity contribution in [3.05, 3.63) is 28.2 Å². The number of hydrogen-bond acceptors (Lipinski definition) is 3. The van der Waals surface area contributed by atoms with Gasteiger partial charge in [0.2, 0.25) is 0 Å². The first-order valence-corrected chi connectivity index (χ1v) is 7.83. The fraction of sp³-hybridized carbons (Fsp3) is 0.600. The normalized spacial score (nSPS) is 27.3. The second-order valence-corrected chi connectivity index (χ2v) is 6.46. The summed E-state index contributed by atoms with van der Waals surface area (Å²) >= 11 is 3.56. The molecule has 1 aromatic rings. The monoisotopic (exact) mass is 324 g/mol. The number of halogens is 1. The Labute approximate surface area is 123 Å². The molecule has 2 atom stereocenters. The van der Waals surface area contributed by atoms with E-state index < -0.39 is 0 Å². The summed E-state index contributed by atoms with van der Waals surface area (Å²) in [6, 6.07) is 7.17. The van der Waals surface area contributed by atoms with Crippen molar-refractivity contribution in [2.45, 2.75) is 25.4 Å². The quantitative estimate of drug-likeness (QED) is 0.925. The van der Waals surface area contributed by atoms with Crippen molar-refractivity contribution in [1.82, 2.24) is 10.2 Å². The van der Waals surface area contributed by atoms with Gasteiger partial charge in [0.15, 0.2) is 0 Å². The standard InChI is InChI=1S/C15H21BrN2O/c1-19-15-3-2-11(8-13(15)16)9-18-7-5-14-12(10-18)4-6-17-14/h2-3,8,12,14,17H,4-7,9-10H2,1H3. The van der Waals surface area contributed by atoms with Gasteiger partial charge in [-0.2, -0.15) is 0 Å². The van der Waals surface area contributed by atoms with E-state index in [-0.39, 0.29) is 0 Å². The molecular formula is C15H21BrN2O. The third kappa shape index (κ3) is 2.96. The zero-order valence-electron chi connectivity index (χ0n) is 11.4. The lowest BCUT2D eigenvalue weighted by molar-refractivity contribution is 0.156. The van der Waals surface area contributed by atoms with Crippen molar-refractivity contribution < 1.29 is 4.74 Å². The summed E-state index contributed by atoms with van der Waals surface area (Å²) in [7, 11) is 1.71. The first-order chi connectivity index (χ1) is 9.26. The number of fused-ring (bicyclic) bond motifs is 1. The molecule has 2 saturated heterocycles. The predicted octanol–water partition coefficient (Wildman–Crippen LogP) is 2.64. The summed E-state index contributed by atoms with van der Waals surface area (Å²) in [5, 5.41) is 3.62. The van der Waals surface area contributed by atoms with Crippen LogP contribution in [-0.2, 0) is 6.54 Å². The highest BCUT2D eigenvalue weighted by Crippen LogP contribution is 2.28. The van der Waals surface area contributed by atoms with E-state index in [0.717, 1.165) is 28.7 Å². The smallest absolute Gasteiger partial charge is 0.133 e. The van der Waals surface area contributed by atoms with Crippen LogP contribution in [0.25, 0.3) is 0 Å². The lowest BCUT2D eigenvalue weighted by atomic mass is 9.93. The zero-order chi connectivity index (χ0) is 13.2. The molecule has 1 aromatic carbocycles. The molecule has 2 aliphatic rings. The number of benzene rings is 1. The van der Waals surface area contributed by atoms with Gasteiger partial charge < -0.3 is 10.1 Å². The van der Waals surface area contributed by atoms with Crippen molar-refractivity contribution in [1.29, 1.82) is 0 Å². The maximum absolute atomic E-state index is 5.28. The molecule has 2 heterocycles. The molecule has 19 heavy (non-hydrogen) atoms. The minimum absolute atomic E-state index is 0.777. The molecule has 1 N–H and O–H groups in total. The summed E-state index contributed by atoms with van der Waals surface area (Å²) in [5.74, 6) is 1.76. The van der Waals surface area contributed by atoms with E-state index in [0.29, 0.717) is 0 Å². The molecule has 0 aliphatic carbocycles. The number of ether oxygens (including phenoxy) is 1. The van der Waals surface area contributed by atoms with Gasteiger partial charge >= 0.3 is 0 Å². The van der Waals surface area contributed by atoms with Crippen LogP contribution in [0.15, 0.2) is 22.7 Å². The van der Waals surface area contributed by atoms with E-state index in [4.69, 9.17) is 4.74 Å². The van der Waals surface area contributed by atoms with Gasteiger partial charge in [-0.05, 0) is 65.5 Å². The van der Waals surface area contributed by atoms with Gasteiger partial charge in [-0.1, -0.05) is 6.07 Å². The Morgan fingerprint density at radius 2 is 2.32 bits per heavy atom. The average molecular weight is 325 g/mol. The molecule has 3 rings (SSSR count). The zero-order valence-corrected chi connectivity index (χ0v) is 12.9. The molecule has 4 heteroatoms. The van der Waals surface area contributed by atoms with Crippen LogP contribution in [0.4, 0.5) is 0 Å². The van der Waals surface area contributed by atoms with Crippen LogP contribution >= 0.6 is 15.9 Å². The number of rotatable bonds is 3. The topological polar surface area (TPSA) is 24.5 Å². The minimum Gasteiger partial charge on any atom is -0.496 e. The first-order valence-electron chi connectivity index (χ1n) is 7.04. The van der Waals surface area contributed by atoms with Gasteiger partial charge in [0.25, 0.3) is 0 Å². The van der Waals surface area contributed by atoms with Crippen LogP contribution in [0.3, 0.4) is 0 Å². The van der Waals surface area contributed by atoms with Crippen molar-refractivity contribution in [3.8, 4) is 5.75 Å². The molecule has 0 spiro atoms. The van der Waals surface area contributed by atoms with Crippen molar-refractivity contribution in [3.63, 3.8) is 0 Å². The third-order valence-electron chi connectivity index (χ3n) is 4.36. The Morgan fingerprint density at radius 1 is 1.42 bits per heavy atom. The minimum atomic E-state index is 0.777. The summed E-state index contributed by atoms with van der Waals surface area (Å²) in [6.45, 7) is 4.70. The van der Waals surface area contributed by atoms with Crippen LogP contribution in [0.5, 0.6) is 5.75 Å². The summed E-state index contributed by atoms with van der Waals surface area (Å²) in [5.41, 5.74) is 1.36. The van der Waals surface area contributed by atoms with Crippen LogP contribution in [0, 0.1) is 5.92 Å². The number of nitrogens with one attached hydrogen (secondary N) is 1. The van der Waals surface area contributed by atoms with Crippen LogP contribution in [-0.4, -0.2) is 37.7 Å². The van der Waals surface area contributed by atoms with E-state index in [2.05, 4.69) is 38.3 Å². The number of likely N-dealkylation sites (tertiary alicyclic amines) is 1. The number of hydrogen-bond donors (Lipinski definition) is 1.